The molecule has 4 nitrogen and oxygen atoms in total. The van der Waals surface area contributed by atoms with E-state index in [1.165, 1.54) is 32.4 Å². The van der Waals surface area contributed by atoms with Gasteiger partial charge in [0.25, 0.3) is 0 Å². The van der Waals surface area contributed by atoms with Crippen LogP contribution in [0.5, 0.6) is 0 Å². The molecule has 1 saturated heterocycles. The maximum Gasteiger partial charge on any atom is 0.205 e. The van der Waals surface area contributed by atoms with Crippen LogP contribution in [0, 0.1) is 3.95 Å². The summed E-state index contributed by atoms with van der Waals surface area (Å²) in [6.45, 7) is 9.56. The van der Waals surface area contributed by atoms with E-state index in [9.17, 15) is 0 Å². The Labute approximate surface area is 118 Å². The topological polar surface area (TPSA) is 33.1 Å². The van der Waals surface area contributed by atoms with Gasteiger partial charge in [0, 0.05) is 5.54 Å². The van der Waals surface area contributed by atoms with Crippen molar-refractivity contribution in [3.8, 4) is 0 Å². The molecule has 2 rings (SSSR count). The molecule has 18 heavy (non-hydrogen) atoms. The smallest absolute Gasteiger partial charge is 0.205 e. The summed E-state index contributed by atoms with van der Waals surface area (Å²) in [6, 6.07) is 0. The normalized spacial score (nSPS) is 17.9. The van der Waals surface area contributed by atoms with Gasteiger partial charge in [0.05, 0.1) is 6.67 Å². The van der Waals surface area contributed by atoms with Gasteiger partial charge in [0.2, 0.25) is 5.13 Å². The summed E-state index contributed by atoms with van der Waals surface area (Å²) in [7, 11) is 0. The fourth-order valence-corrected chi connectivity index (χ4v) is 3.26. The molecule has 1 aromatic heterocycles. The van der Waals surface area contributed by atoms with Crippen molar-refractivity contribution in [2.24, 2.45) is 0 Å². The van der Waals surface area contributed by atoms with Gasteiger partial charge in [-0.05, 0) is 58.9 Å². The molecular weight excluding hydrogens is 264 g/mol. The lowest BCUT2D eigenvalue weighted by atomic mass is 10.1. The molecule has 0 aromatic carbocycles. The molecule has 0 saturated carbocycles. The van der Waals surface area contributed by atoms with E-state index >= 15 is 0 Å². The maximum atomic E-state index is 5.38. The Morgan fingerprint density at radius 1 is 1.28 bits per heavy atom. The quantitative estimate of drug-likeness (QED) is 0.864. The third kappa shape index (κ3) is 4.03. The SMILES string of the molecule is CC(C)(C)Nc1nn(CN2CCCCC2)c(=S)s1. The van der Waals surface area contributed by atoms with Gasteiger partial charge in [-0.1, -0.05) is 17.8 Å². The van der Waals surface area contributed by atoms with Crippen molar-refractivity contribution in [2.45, 2.75) is 52.2 Å². The third-order valence-electron chi connectivity index (χ3n) is 2.87. The molecule has 0 radical (unpaired) electrons. The Bertz CT molecular complexity index is 438. The van der Waals surface area contributed by atoms with Gasteiger partial charge < -0.3 is 5.32 Å². The zero-order chi connectivity index (χ0) is 13.2. The molecule has 0 unspecified atom stereocenters. The number of anilines is 1. The van der Waals surface area contributed by atoms with Crippen molar-refractivity contribution in [1.82, 2.24) is 14.7 Å². The Kier molecular flexibility index (Phi) is 4.40. The first-order valence-corrected chi connectivity index (χ1v) is 7.75. The molecule has 102 valence electrons. The van der Waals surface area contributed by atoms with Crippen molar-refractivity contribution in [2.75, 3.05) is 18.4 Å². The predicted octanol–water partition coefficient (Wildman–Crippen LogP) is 3.33. The summed E-state index contributed by atoms with van der Waals surface area (Å²) in [5, 5.41) is 8.87. The summed E-state index contributed by atoms with van der Waals surface area (Å²) >= 11 is 6.94. The molecule has 6 heteroatoms. The largest absolute Gasteiger partial charge is 0.356 e. The lowest BCUT2D eigenvalue weighted by molar-refractivity contribution is 0.173. The van der Waals surface area contributed by atoms with Crippen LogP contribution >= 0.6 is 23.6 Å². The molecule has 1 fully saturated rings. The van der Waals surface area contributed by atoms with Crippen molar-refractivity contribution in [3.05, 3.63) is 3.95 Å². The van der Waals surface area contributed by atoms with Crippen LogP contribution in [-0.4, -0.2) is 33.3 Å². The van der Waals surface area contributed by atoms with E-state index in [0.717, 1.165) is 15.8 Å². The lowest BCUT2D eigenvalue weighted by Crippen LogP contribution is -2.32. The Morgan fingerprint density at radius 2 is 1.94 bits per heavy atom. The highest BCUT2D eigenvalue weighted by Gasteiger charge is 2.15. The number of nitrogens with zero attached hydrogens (tertiary/aromatic N) is 3. The van der Waals surface area contributed by atoms with Crippen LogP contribution in [0.15, 0.2) is 0 Å². The van der Waals surface area contributed by atoms with Gasteiger partial charge >= 0.3 is 0 Å². The van der Waals surface area contributed by atoms with Crippen LogP contribution in [0.4, 0.5) is 5.13 Å². The number of hydrogen-bond acceptors (Lipinski definition) is 5. The monoisotopic (exact) mass is 286 g/mol. The number of nitrogens with one attached hydrogen (secondary N) is 1. The highest BCUT2D eigenvalue weighted by molar-refractivity contribution is 7.73. The molecule has 1 aromatic rings. The number of likely N-dealkylation sites (tertiary alicyclic amines) is 1. The summed E-state index contributed by atoms with van der Waals surface area (Å²) < 4.78 is 2.80. The van der Waals surface area contributed by atoms with Crippen molar-refractivity contribution >= 4 is 28.7 Å². The lowest BCUT2D eigenvalue weighted by Gasteiger charge is -2.25. The van der Waals surface area contributed by atoms with Crippen molar-refractivity contribution < 1.29 is 0 Å². The molecule has 1 aliphatic heterocycles. The molecule has 0 amide bonds. The molecule has 0 atom stereocenters. The van der Waals surface area contributed by atoms with E-state index in [-0.39, 0.29) is 5.54 Å². The van der Waals surface area contributed by atoms with Crippen LogP contribution in [0.25, 0.3) is 0 Å². The molecular formula is C12H22N4S2. The van der Waals surface area contributed by atoms with E-state index < -0.39 is 0 Å². The summed E-state index contributed by atoms with van der Waals surface area (Å²) in [4.78, 5) is 2.43. The summed E-state index contributed by atoms with van der Waals surface area (Å²) in [5.74, 6) is 0. The second-order valence-corrected chi connectivity index (χ2v) is 7.49. The van der Waals surface area contributed by atoms with Gasteiger partial charge in [0.1, 0.15) is 0 Å². The van der Waals surface area contributed by atoms with Gasteiger partial charge in [0.15, 0.2) is 3.95 Å². The molecule has 0 spiro atoms. The first kappa shape index (κ1) is 14.0. The average molecular weight is 286 g/mol. The standard InChI is InChI=1S/C12H22N4S2/c1-12(2,3)13-10-14-16(11(17)18-10)9-15-7-5-4-6-8-15/h4-9H2,1-3H3,(H,13,14). The first-order valence-electron chi connectivity index (χ1n) is 6.52. The minimum absolute atomic E-state index is 0.0303. The van der Waals surface area contributed by atoms with E-state index in [2.05, 4.69) is 36.1 Å². The highest BCUT2D eigenvalue weighted by Crippen LogP contribution is 2.20. The second kappa shape index (κ2) is 5.67. The molecule has 1 aliphatic rings. The third-order valence-corrected chi connectivity index (χ3v) is 4.09. The first-order chi connectivity index (χ1) is 8.44. The predicted molar refractivity (Wildman–Crippen MR) is 79.7 cm³/mol. The average Bonchev–Trinajstić information content (AvgIpc) is 2.58. The van der Waals surface area contributed by atoms with Crippen molar-refractivity contribution in [3.63, 3.8) is 0 Å². The van der Waals surface area contributed by atoms with Crippen LogP contribution in [0.1, 0.15) is 40.0 Å². The molecule has 2 heterocycles. The van der Waals surface area contributed by atoms with Gasteiger partial charge in [-0.15, -0.1) is 5.10 Å². The van der Waals surface area contributed by atoms with Crippen molar-refractivity contribution in [1.29, 1.82) is 0 Å². The molecule has 1 N–H and O–H groups in total. The fraction of sp³-hybridized carbons (Fsp3) is 0.833. The minimum Gasteiger partial charge on any atom is -0.356 e. The van der Waals surface area contributed by atoms with E-state index in [1.54, 1.807) is 11.3 Å². The number of piperidine rings is 1. The van der Waals surface area contributed by atoms with Crippen LogP contribution < -0.4 is 5.32 Å². The van der Waals surface area contributed by atoms with E-state index in [0.29, 0.717) is 0 Å². The Hall–Kier alpha value is -0.460. The van der Waals surface area contributed by atoms with Crippen LogP contribution in [0.3, 0.4) is 0 Å². The van der Waals surface area contributed by atoms with Gasteiger partial charge in [-0.3, -0.25) is 4.90 Å². The Morgan fingerprint density at radius 3 is 2.56 bits per heavy atom. The Balaban J connectivity index is 2.02. The van der Waals surface area contributed by atoms with Gasteiger partial charge in [-0.2, -0.15) is 0 Å². The zero-order valence-corrected chi connectivity index (χ0v) is 13.0. The molecule has 0 aliphatic carbocycles. The zero-order valence-electron chi connectivity index (χ0n) is 11.4. The highest BCUT2D eigenvalue weighted by atomic mass is 32.1. The summed E-state index contributed by atoms with van der Waals surface area (Å²) in [6.07, 6.45) is 3.95. The number of hydrogen-bond donors (Lipinski definition) is 1. The minimum atomic E-state index is 0.0303. The maximum absolute atomic E-state index is 5.38. The van der Waals surface area contributed by atoms with E-state index in [1.807, 2.05) is 4.68 Å². The van der Waals surface area contributed by atoms with Gasteiger partial charge in [-0.25, -0.2) is 4.68 Å². The molecule has 0 bridgehead atoms. The second-order valence-electron chi connectivity index (χ2n) is 5.87. The number of rotatable bonds is 3. The summed E-state index contributed by atoms with van der Waals surface area (Å²) in [5.41, 5.74) is 0.0303. The van der Waals surface area contributed by atoms with E-state index in [4.69, 9.17) is 12.2 Å². The fourth-order valence-electron chi connectivity index (χ4n) is 2.06. The van der Waals surface area contributed by atoms with Crippen LogP contribution in [0.2, 0.25) is 0 Å². The number of aromatic nitrogens is 2. The van der Waals surface area contributed by atoms with Crippen LogP contribution in [-0.2, 0) is 6.67 Å².